The summed E-state index contributed by atoms with van der Waals surface area (Å²) in [6, 6.07) is 7.82. The number of aliphatic hydroxyl groups is 1. The highest BCUT2D eigenvalue weighted by molar-refractivity contribution is 7.51. The van der Waals surface area contributed by atoms with E-state index in [2.05, 4.69) is 6.92 Å². The Morgan fingerprint density at radius 3 is 2.29 bits per heavy atom. The molecule has 6 heteroatoms. The van der Waals surface area contributed by atoms with E-state index in [-0.39, 0.29) is 19.2 Å². The molecule has 0 saturated carbocycles. The summed E-state index contributed by atoms with van der Waals surface area (Å²) in [7, 11) is -4.06. The quantitative estimate of drug-likeness (QED) is 0.368. The summed E-state index contributed by atoms with van der Waals surface area (Å²) in [6.07, 6.45) is 7.60. The number of hydrogen-bond acceptors (Lipinski definition) is 3. The summed E-state index contributed by atoms with van der Waals surface area (Å²) in [4.78, 5) is 17.5. The number of aliphatic hydroxyl groups excluding tert-OH is 1. The number of hydrogen-bond donors (Lipinski definition) is 3. The molecule has 0 fully saturated rings. The lowest BCUT2D eigenvalue weighted by atomic mass is 10.0. The van der Waals surface area contributed by atoms with Crippen LogP contribution in [-0.2, 0) is 11.0 Å². The van der Waals surface area contributed by atoms with Gasteiger partial charge in [-0.15, -0.1) is 0 Å². The van der Waals surface area contributed by atoms with Crippen LogP contribution in [0.5, 0.6) is 5.75 Å². The van der Waals surface area contributed by atoms with Crippen molar-refractivity contribution in [1.29, 1.82) is 0 Å². The van der Waals surface area contributed by atoms with Crippen molar-refractivity contribution < 1.29 is 24.2 Å². The molecule has 1 aromatic carbocycles. The van der Waals surface area contributed by atoms with Crippen LogP contribution in [-0.4, -0.2) is 33.8 Å². The predicted molar refractivity (Wildman–Crippen MR) is 96.6 cm³/mol. The normalized spacial score (nSPS) is 13.0. The fourth-order valence-electron chi connectivity index (χ4n) is 2.45. The SMILES string of the molecule is CCCCCCCCc1ccc(OC[C@@H](O)CCP(=O)(O)O)cc1. The molecule has 0 radical (unpaired) electrons. The van der Waals surface area contributed by atoms with Gasteiger partial charge in [-0.05, 0) is 37.0 Å². The lowest BCUT2D eigenvalue weighted by Crippen LogP contribution is -2.18. The molecule has 0 heterocycles. The topological polar surface area (TPSA) is 87.0 Å². The molecular formula is C18H31O5P. The lowest BCUT2D eigenvalue weighted by Gasteiger charge is -2.13. The number of ether oxygens (including phenoxy) is 1. The zero-order valence-corrected chi connectivity index (χ0v) is 15.5. The number of rotatable bonds is 13. The Labute approximate surface area is 145 Å². The summed E-state index contributed by atoms with van der Waals surface area (Å²) in [5, 5.41) is 9.66. The lowest BCUT2D eigenvalue weighted by molar-refractivity contribution is 0.104. The Hall–Kier alpha value is -0.870. The van der Waals surface area contributed by atoms with E-state index in [0.717, 1.165) is 6.42 Å². The second-order valence-corrected chi connectivity index (χ2v) is 8.08. The van der Waals surface area contributed by atoms with Gasteiger partial charge in [0.15, 0.2) is 0 Å². The maximum absolute atomic E-state index is 10.7. The molecule has 3 N–H and O–H groups in total. The molecule has 24 heavy (non-hydrogen) atoms. The standard InChI is InChI=1S/C18H31O5P/c1-2-3-4-5-6-7-8-16-9-11-18(12-10-16)23-15-17(19)13-14-24(20,21)22/h9-12,17,19H,2-8,13-15H2,1H3,(H2,20,21,22)/t17-/m0/s1. The maximum atomic E-state index is 10.7. The van der Waals surface area contributed by atoms with Gasteiger partial charge in [-0.3, -0.25) is 4.57 Å². The summed E-state index contributed by atoms with van der Waals surface area (Å²) in [6.45, 7) is 2.26. The number of aryl methyl sites for hydroxylation is 1. The van der Waals surface area contributed by atoms with E-state index in [1.165, 1.54) is 44.1 Å². The first-order valence-electron chi connectivity index (χ1n) is 8.85. The average Bonchev–Trinajstić information content (AvgIpc) is 2.54. The van der Waals surface area contributed by atoms with Crippen LogP contribution < -0.4 is 4.74 Å². The Balaban J connectivity index is 2.21. The molecule has 1 aromatic rings. The maximum Gasteiger partial charge on any atom is 0.325 e. The van der Waals surface area contributed by atoms with Gasteiger partial charge >= 0.3 is 7.60 Å². The largest absolute Gasteiger partial charge is 0.491 e. The van der Waals surface area contributed by atoms with Crippen LogP contribution in [0.1, 0.15) is 57.4 Å². The van der Waals surface area contributed by atoms with E-state index in [4.69, 9.17) is 14.5 Å². The third kappa shape index (κ3) is 10.8. The molecule has 0 aliphatic heterocycles. The summed E-state index contributed by atoms with van der Waals surface area (Å²) >= 11 is 0. The van der Waals surface area contributed by atoms with Crippen molar-refractivity contribution in [3.8, 4) is 5.75 Å². The van der Waals surface area contributed by atoms with Gasteiger partial charge in [0.25, 0.3) is 0 Å². The van der Waals surface area contributed by atoms with Crippen LogP contribution >= 0.6 is 7.60 Å². The minimum atomic E-state index is -4.06. The Bertz CT molecular complexity index is 483. The van der Waals surface area contributed by atoms with Gasteiger partial charge in [0.05, 0.1) is 12.3 Å². The van der Waals surface area contributed by atoms with Crippen molar-refractivity contribution in [2.24, 2.45) is 0 Å². The van der Waals surface area contributed by atoms with E-state index >= 15 is 0 Å². The van der Waals surface area contributed by atoms with E-state index in [1.807, 2.05) is 24.3 Å². The van der Waals surface area contributed by atoms with Crippen LogP contribution in [0.3, 0.4) is 0 Å². The van der Waals surface area contributed by atoms with E-state index < -0.39 is 13.7 Å². The monoisotopic (exact) mass is 358 g/mol. The summed E-state index contributed by atoms with van der Waals surface area (Å²) in [5.74, 6) is 0.664. The van der Waals surface area contributed by atoms with Crippen molar-refractivity contribution in [3.05, 3.63) is 29.8 Å². The van der Waals surface area contributed by atoms with Gasteiger partial charge in [-0.25, -0.2) is 0 Å². The minimum Gasteiger partial charge on any atom is -0.491 e. The van der Waals surface area contributed by atoms with Gasteiger partial charge in [-0.2, -0.15) is 0 Å². The Kier molecular flexibility index (Phi) is 10.3. The van der Waals surface area contributed by atoms with E-state index in [0.29, 0.717) is 5.75 Å². The third-order valence-corrected chi connectivity index (χ3v) is 4.78. The van der Waals surface area contributed by atoms with Gasteiger partial charge in [0.1, 0.15) is 12.4 Å². The predicted octanol–water partition coefficient (Wildman–Crippen LogP) is 3.90. The Morgan fingerprint density at radius 2 is 1.67 bits per heavy atom. The van der Waals surface area contributed by atoms with E-state index in [9.17, 15) is 9.67 Å². The van der Waals surface area contributed by atoms with E-state index in [1.54, 1.807) is 0 Å². The minimum absolute atomic E-state index is 0.0282. The Morgan fingerprint density at radius 1 is 1.04 bits per heavy atom. The molecule has 1 rings (SSSR count). The molecule has 0 saturated heterocycles. The third-order valence-electron chi connectivity index (χ3n) is 3.94. The molecule has 138 valence electrons. The number of benzene rings is 1. The summed E-state index contributed by atoms with van der Waals surface area (Å²) < 4.78 is 16.2. The van der Waals surface area contributed by atoms with Gasteiger partial charge in [0, 0.05) is 0 Å². The highest BCUT2D eigenvalue weighted by Gasteiger charge is 2.16. The van der Waals surface area contributed by atoms with Gasteiger partial charge in [-0.1, -0.05) is 51.2 Å². The molecule has 5 nitrogen and oxygen atoms in total. The second kappa shape index (κ2) is 11.6. The second-order valence-electron chi connectivity index (χ2n) is 6.30. The first-order valence-corrected chi connectivity index (χ1v) is 10.6. The molecule has 0 spiro atoms. The van der Waals surface area contributed by atoms with Crippen molar-refractivity contribution in [1.82, 2.24) is 0 Å². The molecule has 0 aliphatic rings. The van der Waals surface area contributed by atoms with Crippen LogP contribution in [0, 0.1) is 0 Å². The van der Waals surface area contributed by atoms with Gasteiger partial charge in [0.2, 0.25) is 0 Å². The van der Waals surface area contributed by atoms with Crippen molar-refractivity contribution in [2.75, 3.05) is 12.8 Å². The summed E-state index contributed by atoms with van der Waals surface area (Å²) in [5.41, 5.74) is 1.28. The fraction of sp³-hybridized carbons (Fsp3) is 0.667. The highest BCUT2D eigenvalue weighted by Crippen LogP contribution is 2.35. The molecule has 0 aromatic heterocycles. The highest BCUT2D eigenvalue weighted by atomic mass is 31.2. The smallest absolute Gasteiger partial charge is 0.325 e. The van der Waals surface area contributed by atoms with Gasteiger partial charge < -0.3 is 19.6 Å². The first-order chi connectivity index (χ1) is 11.4. The van der Waals surface area contributed by atoms with Crippen LogP contribution in [0.2, 0.25) is 0 Å². The fourth-order valence-corrected chi connectivity index (χ4v) is 3.09. The first kappa shape index (κ1) is 21.2. The van der Waals surface area contributed by atoms with Crippen molar-refractivity contribution in [3.63, 3.8) is 0 Å². The number of unbranched alkanes of at least 4 members (excludes halogenated alkanes) is 5. The van der Waals surface area contributed by atoms with Crippen LogP contribution in [0.15, 0.2) is 24.3 Å². The molecule has 0 unspecified atom stereocenters. The molecule has 1 atom stereocenters. The molecule has 0 amide bonds. The van der Waals surface area contributed by atoms with Crippen molar-refractivity contribution >= 4 is 7.60 Å². The van der Waals surface area contributed by atoms with Crippen molar-refractivity contribution in [2.45, 2.75) is 64.4 Å². The zero-order valence-electron chi connectivity index (χ0n) is 14.6. The van der Waals surface area contributed by atoms with Crippen LogP contribution in [0.4, 0.5) is 0 Å². The molecule has 0 aliphatic carbocycles. The van der Waals surface area contributed by atoms with Crippen LogP contribution in [0.25, 0.3) is 0 Å². The molecular weight excluding hydrogens is 327 g/mol. The molecule has 0 bridgehead atoms. The zero-order chi connectivity index (χ0) is 17.8. The average molecular weight is 358 g/mol.